The van der Waals surface area contributed by atoms with E-state index in [-0.39, 0.29) is 42.6 Å². The maximum atomic E-state index is 12.6. The van der Waals surface area contributed by atoms with Crippen LogP contribution in [0.25, 0.3) is 0 Å². The van der Waals surface area contributed by atoms with Gasteiger partial charge in [0.25, 0.3) is 0 Å². The molecule has 0 bridgehead atoms. The minimum Gasteiger partial charge on any atom is -0.356 e. The number of carbonyl (C=O) groups is 1. The van der Waals surface area contributed by atoms with Crippen LogP contribution in [0.1, 0.15) is 37.7 Å². The molecule has 26 heavy (non-hydrogen) atoms. The standard InChI is InChI=1S/C18H31N5O.2ClH/c1-3-23-8-5-14(6-9-23)4-7-20-18(24)17-12-19-11-16(17)15-10-21-22(2)13-15;;/h10,13-14,16-17,19H,3-9,11-12H2,1-2H3,(H,20,24);2*1H/t16-,17+;;/m1../s1. The molecular formula is C18H33Cl2N5O. The molecule has 0 spiro atoms. The van der Waals surface area contributed by atoms with Crippen molar-refractivity contribution in [1.82, 2.24) is 25.3 Å². The zero-order valence-electron chi connectivity index (χ0n) is 15.8. The van der Waals surface area contributed by atoms with Crippen molar-refractivity contribution in [2.24, 2.45) is 18.9 Å². The quantitative estimate of drug-likeness (QED) is 0.757. The van der Waals surface area contributed by atoms with Gasteiger partial charge in [-0.15, -0.1) is 24.8 Å². The van der Waals surface area contributed by atoms with E-state index in [0.29, 0.717) is 0 Å². The zero-order valence-corrected chi connectivity index (χ0v) is 17.5. The van der Waals surface area contributed by atoms with E-state index in [1.165, 1.54) is 25.9 Å². The van der Waals surface area contributed by atoms with E-state index >= 15 is 0 Å². The highest BCUT2D eigenvalue weighted by Crippen LogP contribution is 2.28. The van der Waals surface area contributed by atoms with Crippen LogP contribution in [0.5, 0.6) is 0 Å². The SMILES string of the molecule is CCN1CCC(CCNC(=O)[C@H]2CNC[C@@H]2c2cnn(C)c2)CC1.Cl.Cl. The number of nitrogens with one attached hydrogen (secondary N) is 2. The van der Waals surface area contributed by atoms with Gasteiger partial charge in [-0.1, -0.05) is 6.92 Å². The minimum atomic E-state index is 0. The monoisotopic (exact) mass is 405 g/mol. The summed E-state index contributed by atoms with van der Waals surface area (Å²) in [6.45, 7) is 8.25. The Morgan fingerprint density at radius 1 is 1.31 bits per heavy atom. The molecule has 0 saturated carbocycles. The van der Waals surface area contributed by atoms with Gasteiger partial charge in [0.2, 0.25) is 5.91 Å². The second-order valence-electron chi connectivity index (χ2n) is 7.28. The molecule has 2 aliphatic heterocycles. The molecule has 3 rings (SSSR count). The summed E-state index contributed by atoms with van der Waals surface area (Å²) in [5.74, 6) is 1.23. The highest BCUT2D eigenvalue weighted by molar-refractivity contribution is 5.85. The van der Waals surface area contributed by atoms with E-state index in [1.807, 2.05) is 24.1 Å². The Morgan fingerprint density at radius 3 is 2.65 bits per heavy atom. The molecule has 2 saturated heterocycles. The molecule has 2 N–H and O–H groups in total. The molecule has 0 unspecified atom stereocenters. The second kappa shape index (κ2) is 11.1. The van der Waals surface area contributed by atoms with Crippen LogP contribution in [0.3, 0.4) is 0 Å². The first-order valence-corrected chi connectivity index (χ1v) is 9.36. The van der Waals surface area contributed by atoms with Crippen molar-refractivity contribution in [3.05, 3.63) is 18.0 Å². The lowest BCUT2D eigenvalue weighted by molar-refractivity contribution is -0.124. The summed E-state index contributed by atoms with van der Waals surface area (Å²) < 4.78 is 1.81. The van der Waals surface area contributed by atoms with E-state index in [1.54, 1.807) is 0 Å². The van der Waals surface area contributed by atoms with E-state index in [4.69, 9.17) is 0 Å². The van der Waals surface area contributed by atoms with Crippen LogP contribution in [-0.2, 0) is 11.8 Å². The highest BCUT2D eigenvalue weighted by Gasteiger charge is 2.34. The van der Waals surface area contributed by atoms with Gasteiger partial charge in [-0.25, -0.2) is 0 Å². The van der Waals surface area contributed by atoms with Crippen molar-refractivity contribution in [2.45, 2.75) is 32.1 Å². The molecule has 8 heteroatoms. The third kappa shape index (κ3) is 5.84. The van der Waals surface area contributed by atoms with Gasteiger partial charge in [-0.05, 0) is 50.4 Å². The topological polar surface area (TPSA) is 62.2 Å². The molecule has 2 aliphatic rings. The number of amides is 1. The Morgan fingerprint density at radius 2 is 2.04 bits per heavy atom. The lowest BCUT2D eigenvalue weighted by Gasteiger charge is -2.31. The highest BCUT2D eigenvalue weighted by atomic mass is 35.5. The second-order valence-corrected chi connectivity index (χ2v) is 7.28. The Balaban J connectivity index is 0.00000169. The summed E-state index contributed by atoms with van der Waals surface area (Å²) >= 11 is 0. The molecule has 0 radical (unpaired) electrons. The molecule has 1 aromatic rings. The summed E-state index contributed by atoms with van der Waals surface area (Å²) in [5.41, 5.74) is 1.16. The van der Waals surface area contributed by atoms with Gasteiger partial charge in [0, 0.05) is 38.8 Å². The Hall–Kier alpha value is -0.820. The summed E-state index contributed by atoms with van der Waals surface area (Å²) in [6.07, 6.45) is 7.57. The molecule has 2 atom stereocenters. The molecular weight excluding hydrogens is 373 g/mol. The van der Waals surface area contributed by atoms with Gasteiger partial charge in [-0.3, -0.25) is 9.48 Å². The normalized spacial score (nSPS) is 23.9. The molecule has 1 amide bonds. The number of aryl methyl sites for hydroxylation is 1. The average Bonchev–Trinajstić information content (AvgIpc) is 3.24. The van der Waals surface area contributed by atoms with Crippen LogP contribution in [0.15, 0.2) is 12.4 Å². The summed E-state index contributed by atoms with van der Waals surface area (Å²) in [5, 5.41) is 10.8. The smallest absolute Gasteiger partial charge is 0.225 e. The lowest BCUT2D eigenvalue weighted by atomic mass is 9.90. The van der Waals surface area contributed by atoms with Crippen LogP contribution >= 0.6 is 24.8 Å². The number of piperidine rings is 1. The molecule has 2 fully saturated rings. The number of rotatable bonds is 6. The molecule has 6 nitrogen and oxygen atoms in total. The van der Waals surface area contributed by atoms with Gasteiger partial charge in [0.1, 0.15) is 0 Å². The number of hydrogen-bond donors (Lipinski definition) is 2. The van der Waals surface area contributed by atoms with Gasteiger partial charge < -0.3 is 15.5 Å². The predicted molar refractivity (Wildman–Crippen MR) is 109 cm³/mol. The van der Waals surface area contributed by atoms with E-state index in [9.17, 15) is 4.79 Å². The van der Waals surface area contributed by atoms with Crippen LogP contribution in [0.2, 0.25) is 0 Å². The third-order valence-corrected chi connectivity index (χ3v) is 5.71. The van der Waals surface area contributed by atoms with Crippen molar-refractivity contribution in [1.29, 1.82) is 0 Å². The summed E-state index contributed by atoms with van der Waals surface area (Å²) in [6, 6.07) is 0. The molecule has 0 aliphatic carbocycles. The van der Waals surface area contributed by atoms with Crippen molar-refractivity contribution >= 4 is 30.7 Å². The number of carbonyl (C=O) groups excluding carboxylic acids is 1. The van der Waals surface area contributed by atoms with Gasteiger partial charge in [0.15, 0.2) is 0 Å². The number of nitrogens with zero attached hydrogens (tertiary/aromatic N) is 3. The average molecular weight is 406 g/mol. The first-order valence-electron chi connectivity index (χ1n) is 9.36. The van der Waals surface area contributed by atoms with E-state index in [0.717, 1.165) is 44.1 Å². The van der Waals surface area contributed by atoms with Gasteiger partial charge >= 0.3 is 0 Å². The van der Waals surface area contributed by atoms with Crippen LogP contribution < -0.4 is 10.6 Å². The van der Waals surface area contributed by atoms with Crippen LogP contribution in [-0.4, -0.2) is 59.9 Å². The Bertz CT molecular complexity index is 545. The molecule has 3 heterocycles. The van der Waals surface area contributed by atoms with Crippen LogP contribution in [0, 0.1) is 11.8 Å². The van der Waals surface area contributed by atoms with Crippen molar-refractivity contribution in [3.63, 3.8) is 0 Å². The minimum absolute atomic E-state index is 0. The van der Waals surface area contributed by atoms with Crippen LogP contribution in [0.4, 0.5) is 0 Å². The van der Waals surface area contributed by atoms with E-state index < -0.39 is 0 Å². The fraction of sp³-hybridized carbons (Fsp3) is 0.778. The maximum absolute atomic E-state index is 12.6. The fourth-order valence-corrected chi connectivity index (χ4v) is 4.06. The van der Waals surface area contributed by atoms with E-state index in [2.05, 4.69) is 27.6 Å². The lowest BCUT2D eigenvalue weighted by Crippen LogP contribution is -2.37. The van der Waals surface area contributed by atoms with Crippen molar-refractivity contribution < 1.29 is 4.79 Å². The van der Waals surface area contributed by atoms with Gasteiger partial charge in [0.05, 0.1) is 12.1 Å². The molecule has 0 aromatic carbocycles. The Kier molecular flexibility index (Phi) is 9.93. The summed E-state index contributed by atoms with van der Waals surface area (Å²) in [4.78, 5) is 15.1. The molecule has 150 valence electrons. The largest absolute Gasteiger partial charge is 0.356 e. The van der Waals surface area contributed by atoms with Crippen molar-refractivity contribution in [3.8, 4) is 0 Å². The number of aromatic nitrogens is 2. The number of likely N-dealkylation sites (tertiary alicyclic amines) is 1. The third-order valence-electron chi connectivity index (χ3n) is 5.71. The fourth-order valence-electron chi connectivity index (χ4n) is 4.06. The maximum Gasteiger partial charge on any atom is 0.225 e. The number of hydrogen-bond acceptors (Lipinski definition) is 4. The zero-order chi connectivity index (χ0) is 16.9. The first kappa shape index (κ1) is 23.2. The Labute approximate surface area is 169 Å². The molecule has 1 aromatic heterocycles. The number of halogens is 2. The van der Waals surface area contributed by atoms with Crippen molar-refractivity contribution in [2.75, 3.05) is 39.3 Å². The predicted octanol–water partition coefficient (Wildman–Crippen LogP) is 1.80. The van der Waals surface area contributed by atoms with Gasteiger partial charge in [-0.2, -0.15) is 5.10 Å². The first-order chi connectivity index (χ1) is 11.7. The summed E-state index contributed by atoms with van der Waals surface area (Å²) in [7, 11) is 1.92.